The van der Waals surface area contributed by atoms with Gasteiger partial charge in [0.2, 0.25) is 5.91 Å². The lowest BCUT2D eigenvalue weighted by Gasteiger charge is -2.35. The first kappa shape index (κ1) is 20.4. The Hall–Kier alpha value is -1.34. The van der Waals surface area contributed by atoms with Gasteiger partial charge < -0.3 is 4.90 Å². The number of amides is 1. The SMILES string of the molecule is CCC1CCCCN1C(=O)CSc1nc2ccsc2c(=O)n1CCC(C)C. The number of likely N-dealkylation sites (tertiary alicyclic amines) is 1. The van der Waals surface area contributed by atoms with Gasteiger partial charge in [-0.15, -0.1) is 11.3 Å². The van der Waals surface area contributed by atoms with Gasteiger partial charge >= 0.3 is 0 Å². The Balaban J connectivity index is 1.79. The van der Waals surface area contributed by atoms with Crippen molar-refractivity contribution in [1.29, 1.82) is 0 Å². The van der Waals surface area contributed by atoms with Gasteiger partial charge in [-0.05, 0) is 49.5 Å². The molecule has 0 N–H and O–H groups in total. The van der Waals surface area contributed by atoms with Crippen molar-refractivity contribution in [1.82, 2.24) is 14.5 Å². The summed E-state index contributed by atoms with van der Waals surface area (Å²) in [5.41, 5.74) is 0.764. The standard InChI is InChI=1S/C20H29N3O2S2/c1-4-15-7-5-6-10-22(15)17(24)13-27-20-21-16-9-12-26-18(16)19(25)23(20)11-8-14(2)3/h9,12,14-15H,4-8,10-11,13H2,1-3H3. The molecular weight excluding hydrogens is 378 g/mol. The highest BCUT2D eigenvalue weighted by Crippen LogP contribution is 2.24. The van der Waals surface area contributed by atoms with Crippen LogP contribution in [-0.2, 0) is 11.3 Å². The number of rotatable bonds is 7. The van der Waals surface area contributed by atoms with Crippen molar-refractivity contribution in [2.24, 2.45) is 5.92 Å². The maximum atomic E-state index is 12.9. The molecule has 0 aliphatic carbocycles. The number of nitrogens with zero attached hydrogens (tertiary/aromatic N) is 3. The van der Waals surface area contributed by atoms with Crippen LogP contribution in [0.2, 0.25) is 0 Å². The summed E-state index contributed by atoms with van der Waals surface area (Å²) in [5, 5.41) is 2.58. The summed E-state index contributed by atoms with van der Waals surface area (Å²) < 4.78 is 2.47. The number of thioether (sulfide) groups is 1. The van der Waals surface area contributed by atoms with Gasteiger partial charge in [0.25, 0.3) is 5.56 Å². The fourth-order valence-electron chi connectivity index (χ4n) is 3.58. The molecule has 1 fully saturated rings. The monoisotopic (exact) mass is 407 g/mol. The van der Waals surface area contributed by atoms with E-state index < -0.39 is 0 Å². The second-order valence-corrected chi connectivity index (χ2v) is 9.46. The number of hydrogen-bond acceptors (Lipinski definition) is 5. The van der Waals surface area contributed by atoms with Gasteiger partial charge in [0.1, 0.15) is 4.70 Å². The van der Waals surface area contributed by atoms with Crippen LogP contribution in [0.5, 0.6) is 0 Å². The minimum Gasteiger partial charge on any atom is -0.339 e. The largest absolute Gasteiger partial charge is 0.339 e. The third kappa shape index (κ3) is 4.74. The van der Waals surface area contributed by atoms with Crippen molar-refractivity contribution in [3.8, 4) is 0 Å². The fourth-order valence-corrected chi connectivity index (χ4v) is 5.27. The first-order chi connectivity index (χ1) is 13.0. The molecule has 0 saturated carbocycles. The van der Waals surface area contributed by atoms with E-state index in [0.29, 0.717) is 34.1 Å². The molecule has 1 amide bonds. The lowest BCUT2D eigenvalue weighted by Crippen LogP contribution is -2.44. The topological polar surface area (TPSA) is 55.2 Å². The molecule has 3 rings (SSSR count). The summed E-state index contributed by atoms with van der Waals surface area (Å²) >= 11 is 2.85. The van der Waals surface area contributed by atoms with Gasteiger partial charge in [0, 0.05) is 19.1 Å². The van der Waals surface area contributed by atoms with E-state index in [1.165, 1.54) is 29.5 Å². The zero-order valence-corrected chi connectivity index (χ0v) is 18.1. The maximum absolute atomic E-state index is 12.9. The number of thiophene rings is 1. The molecule has 1 saturated heterocycles. The molecule has 0 spiro atoms. The third-order valence-corrected chi connectivity index (χ3v) is 7.06. The lowest BCUT2D eigenvalue weighted by atomic mass is 10.0. The predicted octanol–water partition coefficient (Wildman–Crippen LogP) is 4.39. The summed E-state index contributed by atoms with van der Waals surface area (Å²) in [6, 6.07) is 2.25. The second kappa shape index (κ2) is 9.24. The van der Waals surface area contributed by atoms with Crippen LogP contribution >= 0.6 is 23.1 Å². The molecule has 0 bridgehead atoms. The van der Waals surface area contributed by atoms with Crippen molar-refractivity contribution < 1.29 is 4.79 Å². The van der Waals surface area contributed by atoms with Crippen molar-refractivity contribution in [2.45, 2.75) is 70.6 Å². The number of carbonyl (C=O) groups excluding carboxylic acids is 1. The molecule has 3 heterocycles. The van der Waals surface area contributed by atoms with E-state index in [9.17, 15) is 9.59 Å². The Morgan fingerprint density at radius 3 is 2.96 bits per heavy atom. The molecular formula is C20H29N3O2S2. The average Bonchev–Trinajstić information content (AvgIpc) is 3.14. The van der Waals surface area contributed by atoms with Crippen LogP contribution in [0, 0.1) is 5.92 Å². The smallest absolute Gasteiger partial charge is 0.272 e. The van der Waals surface area contributed by atoms with Crippen LogP contribution in [0.25, 0.3) is 10.2 Å². The zero-order chi connectivity index (χ0) is 19.4. The van der Waals surface area contributed by atoms with Crippen molar-refractivity contribution in [3.05, 3.63) is 21.8 Å². The minimum absolute atomic E-state index is 0.0232. The number of carbonyl (C=O) groups is 1. The van der Waals surface area contributed by atoms with Gasteiger partial charge in [-0.25, -0.2) is 4.98 Å². The Labute approximate surface area is 169 Å². The average molecular weight is 408 g/mol. The molecule has 2 aromatic heterocycles. The number of piperidine rings is 1. The van der Waals surface area contributed by atoms with E-state index >= 15 is 0 Å². The number of fused-ring (bicyclic) bond motifs is 1. The van der Waals surface area contributed by atoms with E-state index in [1.54, 1.807) is 4.57 Å². The molecule has 5 nitrogen and oxygen atoms in total. The maximum Gasteiger partial charge on any atom is 0.272 e. The van der Waals surface area contributed by atoms with Crippen LogP contribution in [0.1, 0.15) is 52.9 Å². The lowest BCUT2D eigenvalue weighted by molar-refractivity contribution is -0.132. The summed E-state index contributed by atoms with van der Waals surface area (Å²) in [4.78, 5) is 32.4. The molecule has 0 aromatic carbocycles. The zero-order valence-electron chi connectivity index (χ0n) is 16.4. The van der Waals surface area contributed by atoms with E-state index in [-0.39, 0.29) is 11.5 Å². The van der Waals surface area contributed by atoms with Crippen LogP contribution in [-0.4, -0.2) is 38.7 Å². The fraction of sp³-hybridized carbons (Fsp3) is 0.650. The molecule has 1 aliphatic heterocycles. The Bertz CT molecular complexity index is 843. The molecule has 1 atom stereocenters. The van der Waals surface area contributed by atoms with Crippen molar-refractivity contribution >= 4 is 39.2 Å². The van der Waals surface area contributed by atoms with Crippen LogP contribution in [0.4, 0.5) is 0 Å². The predicted molar refractivity (Wildman–Crippen MR) is 114 cm³/mol. The molecule has 2 aromatic rings. The van der Waals surface area contributed by atoms with Crippen LogP contribution in [0.3, 0.4) is 0 Å². The summed E-state index contributed by atoms with van der Waals surface area (Å²) in [7, 11) is 0. The van der Waals surface area contributed by atoms with Gasteiger partial charge in [-0.2, -0.15) is 0 Å². The highest BCUT2D eigenvalue weighted by atomic mass is 32.2. The van der Waals surface area contributed by atoms with Gasteiger partial charge in [-0.1, -0.05) is 32.5 Å². The Kier molecular flexibility index (Phi) is 6.98. The van der Waals surface area contributed by atoms with E-state index in [1.807, 2.05) is 16.3 Å². The quantitative estimate of drug-likeness (QED) is 0.505. The Morgan fingerprint density at radius 2 is 2.22 bits per heavy atom. The van der Waals surface area contributed by atoms with Crippen molar-refractivity contribution in [2.75, 3.05) is 12.3 Å². The molecule has 148 valence electrons. The Morgan fingerprint density at radius 1 is 1.41 bits per heavy atom. The van der Waals surface area contributed by atoms with Gasteiger partial charge in [0.05, 0.1) is 11.3 Å². The summed E-state index contributed by atoms with van der Waals surface area (Å²) in [6.07, 6.45) is 5.33. The molecule has 1 unspecified atom stereocenters. The second-order valence-electron chi connectivity index (χ2n) is 7.60. The summed E-state index contributed by atoms with van der Waals surface area (Å²) in [6.45, 7) is 7.96. The molecule has 27 heavy (non-hydrogen) atoms. The van der Waals surface area contributed by atoms with Gasteiger partial charge in [-0.3, -0.25) is 14.2 Å². The normalized spacial score (nSPS) is 17.8. The molecule has 7 heteroatoms. The molecule has 0 radical (unpaired) electrons. The first-order valence-corrected chi connectivity index (χ1v) is 11.8. The number of hydrogen-bond donors (Lipinski definition) is 0. The van der Waals surface area contributed by atoms with E-state index in [2.05, 4.69) is 20.8 Å². The highest BCUT2D eigenvalue weighted by molar-refractivity contribution is 7.99. The van der Waals surface area contributed by atoms with Gasteiger partial charge in [0.15, 0.2) is 5.16 Å². The highest BCUT2D eigenvalue weighted by Gasteiger charge is 2.25. The van der Waals surface area contributed by atoms with Crippen LogP contribution < -0.4 is 5.56 Å². The van der Waals surface area contributed by atoms with E-state index in [0.717, 1.165) is 37.7 Å². The molecule has 1 aliphatic rings. The van der Waals surface area contributed by atoms with Crippen LogP contribution in [0.15, 0.2) is 21.4 Å². The summed E-state index contributed by atoms with van der Waals surface area (Å²) in [5.74, 6) is 1.02. The number of aromatic nitrogens is 2. The minimum atomic E-state index is 0.0232. The first-order valence-electron chi connectivity index (χ1n) is 9.91. The van der Waals surface area contributed by atoms with Crippen molar-refractivity contribution in [3.63, 3.8) is 0 Å². The van der Waals surface area contributed by atoms with E-state index in [4.69, 9.17) is 4.98 Å². The third-order valence-electron chi connectivity index (χ3n) is 5.20.